The van der Waals surface area contributed by atoms with Crippen LogP contribution in [0.1, 0.15) is 71.6 Å². The molecule has 1 atom stereocenters. The van der Waals surface area contributed by atoms with E-state index in [-0.39, 0.29) is 0 Å². The molecule has 0 bridgehead atoms. The van der Waals surface area contributed by atoms with Crippen LogP contribution in [0.2, 0.25) is 0 Å². The van der Waals surface area contributed by atoms with Crippen molar-refractivity contribution in [2.45, 2.75) is 77.7 Å². The molecule has 0 fully saturated rings. The average molecular weight is 252 g/mol. The molecule has 0 radical (unpaired) electrons. The van der Waals surface area contributed by atoms with Crippen molar-refractivity contribution in [1.82, 2.24) is 15.1 Å². The van der Waals surface area contributed by atoms with Crippen molar-refractivity contribution >= 4 is 0 Å². The zero-order valence-corrected chi connectivity index (χ0v) is 11.9. The van der Waals surface area contributed by atoms with Crippen LogP contribution >= 0.6 is 0 Å². The Hall–Kier alpha value is -1.06. The van der Waals surface area contributed by atoms with Gasteiger partial charge in [-0.3, -0.25) is 0 Å². The molecular formula is C14H28N4. The highest BCUT2D eigenvalue weighted by Crippen LogP contribution is 2.10. The molecule has 1 aromatic rings. The molecule has 0 saturated heterocycles. The first-order valence-corrected chi connectivity index (χ1v) is 7.45. The molecule has 4 heteroatoms. The van der Waals surface area contributed by atoms with E-state index in [9.17, 15) is 0 Å². The molecule has 104 valence electrons. The lowest BCUT2D eigenvalue weighted by Gasteiger charge is -2.13. The van der Waals surface area contributed by atoms with Crippen molar-refractivity contribution in [2.75, 3.05) is 5.43 Å². The van der Waals surface area contributed by atoms with Crippen molar-refractivity contribution in [2.24, 2.45) is 0 Å². The van der Waals surface area contributed by atoms with Gasteiger partial charge in [0.15, 0.2) is 0 Å². The second-order valence-corrected chi connectivity index (χ2v) is 5.14. The largest absolute Gasteiger partial charge is 0.306 e. The van der Waals surface area contributed by atoms with E-state index >= 15 is 0 Å². The number of hydrogen-bond donors (Lipinski definition) is 1. The van der Waals surface area contributed by atoms with Gasteiger partial charge in [0.1, 0.15) is 0 Å². The summed E-state index contributed by atoms with van der Waals surface area (Å²) in [7, 11) is 0. The Labute approximate surface area is 111 Å². The first kappa shape index (κ1) is 15.0. The Balaban J connectivity index is 1.88. The normalized spacial score (nSPS) is 12.6. The molecule has 1 unspecified atom stereocenters. The van der Waals surface area contributed by atoms with E-state index in [0.29, 0.717) is 6.04 Å². The van der Waals surface area contributed by atoms with Crippen LogP contribution in [0.15, 0.2) is 12.4 Å². The summed E-state index contributed by atoms with van der Waals surface area (Å²) in [4.78, 5) is 1.69. The van der Waals surface area contributed by atoms with Crippen molar-refractivity contribution in [3.63, 3.8) is 0 Å². The monoisotopic (exact) mass is 252 g/mol. The van der Waals surface area contributed by atoms with Crippen molar-refractivity contribution in [3.05, 3.63) is 12.4 Å². The highest BCUT2D eigenvalue weighted by molar-refractivity contribution is 4.77. The lowest BCUT2D eigenvalue weighted by atomic mass is 10.1. The topological polar surface area (TPSA) is 42.7 Å². The first-order valence-electron chi connectivity index (χ1n) is 7.45. The van der Waals surface area contributed by atoms with Crippen LogP contribution in [-0.4, -0.2) is 21.1 Å². The molecule has 0 saturated carbocycles. The van der Waals surface area contributed by atoms with Crippen LogP contribution in [-0.2, 0) is 0 Å². The Bertz CT molecular complexity index is 271. The molecule has 1 aromatic heterocycles. The predicted octanol–water partition coefficient (Wildman–Crippen LogP) is 3.74. The molecule has 1 heterocycles. The van der Waals surface area contributed by atoms with Gasteiger partial charge in [-0.2, -0.15) is 4.79 Å². The lowest BCUT2D eigenvalue weighted by molar-refractivity contribution is 0.524. The summed E-state index contributed by atoms with van der Waals surface area (Å²) in [5, 5.41) is 7.67. The minimum Gasteiger partial charge on any atom is -0.306 e. The highest BCUT2D eigenvalue weighted by Gasteiger charge is 2.01. The summed E-state index contributed by atoms with van der Waals surface area (Å²) >= 11 is 0. The van der Waals surface area contributed by atoms with E-state index < -0.39 is 0 Å². The molecule has 0 aliphatic carbocycles. The van der Waals surface area contributed by atoms with Crippen LogP contribution in [0.4, 0.5) is 0 Å². The van der Waals surface area contributed by atoms with Gasteiger partial charge in [0, 0.05) is 6.04 Å². The van der Waals surface area contributed by atoms with Gasteiger partial charge in [0.2, 0.25) is 0 Å². The van der Waals surface area contributed by atoms with Gasteiger partial charge in [-0.15, -0.1) is 5.10 Å². The summed E-state index contributed by atoms with van der Waals surface area (Å²) in [6, 6.07) is 0.465. The maximum Gasteiger partial charge on any atom is 0.0715 e. The third kappa shape index (κ3) is 7.30. The van der Waals surface area contributed by atoms with Crippen LogP contribution in [0, 0.1) is 0 Å². The SMILES string of the molecule is CCCCCCCCCCC(C)Nn1ccnn1. The fraction of sp³-hybridized carbons (Fsp3) is 0.857. The minimum absolute atomic E-state index is 0.465. The molecule has 1 rings (SSSR count). The molecule has 18 heavy (non-hydrogen) atoms. The van der Waals surface area contributed by atoms with E-state index in [1.165, 1.54) is 57.8 Å². The van der Waals surface area contributed by atoms with Gasteiger partial charge >= 0.3 is 0 Å². The maximum absolute atomic E-state index is 3.90. The quantitative estimate of drug-likeness (QED) is 0.610. The zero-order valence-electron chi connectivity index (χ0n) is 11.9. The Morgan fingerprint density at radius 1 is 1.06 bits per heavy atom. The molecule has 0 aliphatic rings. The number of rotatable bonds is 11. The molecule has 0 spiro atoms. The molecule has 0 aromatic carbocycles. The predicted molar refractivity (Wildman–Crippen MR) is 76.1 cm³/mol. The average Bonchev–Trinajstić information content (AvgIpc) is 2.85. The number of nitrogens with one attached hydrogen (secondary N) is 1. The van der Waals surface area contributed by atoms with E-state index in [4.69, 9.17) is 0 Å². The maximum atomic E-state index is 3.90. The number of nitrogens with zero attached hydrogens (tertiary/aromatic N) is 3. The number of aromatic nitrogens is 3. The summed E-state index contributed by atoms with van der Waals surface area (Å²) in [5.41, 5.74) is 3.28. The summed E-state index contributed by atoms with van der Waals surface area (Å²) < 4.78 is 0. The second-order valence-electron chi connectivity index (χ2n) is 5.14. The van der Waals surface area contributed by atoms with Crippen molar-refractivity contribution in [3.8, 4) is 0 Å². The Morgan fingerprint density at radius 2 is 1.72 bits per heavy atom. The van der Waals surface area contributed by atoms with E-state index in [1.807, 2.05) is 6.20 Å². The van der Waals surface area contributed by atoms with E-state index in [1.54, 1.807) is 11.0 Å². The van der Waals surface area contributed by atoms with Gasteiger partial charge in [0.05, 0.1) is 12.4 Å². The fourth-order valence-corrected chi connectivity index (χ4v) is 2.15. The number of unbranched alkanes of at least 4 members (excludes halogenated alkanes) is 7. The third-order valence-corrected chi connectivity index (χ3v) is 3.27. The fourth-order valence-electron chi connectivity index (χ4n) is 2.15. The first-order chi connectivity index (χ1) is 8.83. The molecule has 0 aliphatic heterocycles. The van der Waals surface area contributed by atoms with Crippen LogP contribution < -0.4 is 5.43 Å². The van der Waals surface area contributed by atoms with E-state index in [2.05, 4.69) is 29.6 Å². The van der Waals surface area contributed by atoms with Crippen molar-refractivity contribution < 1.29 is 0 Å². The van der Waals surface area contributed by atoms with Gasteiger partial charge in [-0.1, -0.05) is 58.3 Å². The van der Waals surface area contributed by atoms with Crippen molar-refractivity contribution in [1.29, 1.82) is 0 Å². The molecule has 1 N–H and O–H groups in total. The standard InChI is InChI=1S/C14H28N4/c1-3-4-5-6-7-8-9-10-11-14(2)16-18-13-12-15-17-18/h12-14,16H,3-11H2,1-2H3. The smallest absolute Gasteiger partial charge is 0.0715 e. The molecule has 0 amide bonds. The van der Waals surface area contributed by atoms with Crippen LogP contribution in [0.5, 0.6) is 0 Å². The summed E-state index contributed by atoms with van der Waals surface area (Å²) in [6.45, 7) is 4.46. The minimum atomic E-state index is 0.465. The molecule has 4 nitrogen and oxygen atoms in total. The lowest BCUT2D eigenvalue weighted by Crippen LogP contribution is -2.25. The van der Waals surface area contributed by atoms with Gasteiger partial charge in [0.25, 0.3) is 0 Å². The van der Waals surface area contributed by atoms with Crippen LogP contribution in [0.3, 0.4) is 0 Å². The zero-order chi connectivity index (χ0) is 13.1. The highest BCUT2D eigenvalue weighted by atomic mass is 15.6. The van der Waals surface area contributed by atoms with Gasteiger partial charge < -0.3 is 5.43 Å². The Morgan fingerprint density at radius 3 is 2.33 bits per heavy atom. The molecular weight excluding hydrogens is 224 g/mol. The second kappa shape index (κ2) is 9.92. The Kier molecular flexibility index (Phi) is 8.26. The third-order valence-electron chi connectivity index (χ3n) is 3.27. The number of hydrogen-bond acceptors (Lipinski definition) is 3. The summed E-state index contributed by atoms with van der Waals surface area (Å²) in [6.07, 6.45) is 15.8. The van der Waals surface area contributed by atoms with Gasteiger partial charge in [-0.05, 0) is 18.6 Å². The summed E-state index contributed by atoms with van der Waals surface area (Å²) in [5.74, 6) is 0. The van der Waals surface area contributed by atoms with Gasteiger partial charge in [-0.25, -0.2) is 0 Å². The van der Waals surface area contributed by atoms with Crippen LogP contribution in [0.25, 0.3) is 0 Å². The van der Waals surface area contributed by atoms with E-state index in [0.717, 1.165) is 0 Å².